The van der Waals surface area contributed by atoms with Crippen LogP contribution in [0.3, 0.4) is 0 Å². The quantitative estimate of drug-likeness (QED) is 0.627. The number of hydrogen-bond acceptors (Lipinski definition) is 5. The lowest BCUT2D eigenvalue weighted by Gasteiger charge is -2.27. The number of hydrogen-bond donors (Lipinski definition) is 1. The summed E-state index contributed by atoms with van der Waals surface area (Å²) in [7, 11) is 6.71. The van der Waals surface area contributed by atoms with Crippen LogP contribution >= 0.6 is 0 Å². The topological polar surface area (TPSA) is 96.8 Å². The summed E-state index contributed by atoms with van der Waals surface area (Å²) in [6.45, 7) is 4.18. The molecule has 1 saturated carbocycles. The highest BCUT2D eigenvalue weighted by molar-refractivity contribution is 5.96. The van der Waals surface area contributed by atoms with E-state index in [2.05, 4.69) is 10.4 Å². The van der Waals surface area contributed by atoms with Crippen molar-refractivity contribution in [3.8, 4) is 11.4 Å². The number of methoxy groups -OCH3 is 1. The minimum atomic E-state index is -4.60. The van der Waals surface area contributed by atoms with E-state index in [1.165, 1.54) is 14.0 Å². The molecule has 0 saturated heterocycles. The third kappa shape index (κ3) is 7.96. The van der Waals surface area contributed by atoms with Gasteiger partial charge in [0.1, 0.15) is 11.4 Å². The van der Waals surface area contributed by atoms with Crippen LogP contribution in [0.2, 0.25) is 0 Å². The van der Waals surface area contributed by atoms with E-state index in [1.54, 1.807) is 55.2 Å². The van der Waals surface area contributed by atoms with Crippen LogP contribution in [0.5, 0.6) is 5.75 Å². The Morgan fingerprint density at radius 3 is 2.16 bits per heavy atom. The van der Waals surface area contributed by atoms with Crippen molar-refractivity contribution in [2.45, 2.75) is 45.7 Å². The fourth-order valence-corrected chi connectivity index (χ4v) is 3.72. The smallest absolute Gasteiger partial charge is 0.435 e. The molecule has 0 bridgehead atoms. The first-order chi connectivity index (χ1) is 17.8. The molecule has 210 valence electrons. The van der Waals surface area contributed by atoms with E-state index in [0.717, 1.165) is 23.9 Å². The van der Waals surface area contributed by atoms with Gasteiger partial charge in [0.15, 0.2) is 5.69 Å². The second-order valence-corrected chi connectivity index (χ2v) is 9.14. The summed E-state index contributed by atoms with van der Waals surface area (Å²) in [6.07, 6.45) is -1.50. The van der Waals surface area contributed by atoms with Crippen molar-refractivity contribution in [3.63, 3.8) is 0 Å². The highest BCUT2D eigenvalue weighted by Gasteiger charge is 2.43. The lowest BCUT2D eigenvalue weighted by atomic mass is 10.0. The molecular weight excluding hydrogens is 503 g/mol. The zero-order valence-corrected chi connectivity index (χ0v) is 22.7. The van der Waals surface area contributed by atoms with Gasteiger partial charge in [-0.1, -0.05) is 6.92 Å². The van der Waals surface area contributed by atoms with Crippen molar-refractivity contribution in [1.82, 2.24) is 24.9 Å². The number of alkyl halides is 3. The summed E-state index contributed by atoms with van der Waals surface area (Å²) in [4.78, 5) is 36.5. The molecule has 1 aliphatic carbocycles. The number of nitrogens with one attached hydrogen (secondary N) is 1. The first-order valence-corrected chi connectivity index (χ1v) is 12.4. The van der Waals surface area contributed by atoms with Gasteiger partial charge < -0.3 is 19.9 Å². The maximum Gasteiger partial charge on any atom is 0.435 e. The molecule has 3 amide bonds. The third-order valence-electron chi connectivity index (χ3n) is 5.90. The maximum atomic E-state index is 13.4. The summed E-state index contributed by atoms with van der Waals surface area (Å²) in [5.74, 6) is 0.835. The summed E-state index contributed by atoms with van der Waals surface area (Å²) < 4.78 is 46.3. The molecule has 9 nitrogen and oxygen atoms in total. The van der Waals surface area contributed by atoms with Crippen LogP contribution < -0.4 is 10.1 Å². The Hall–Kier alpha value is -3.57. The first kappa shape index (κ1) is 30.7. The average Bonchev–Trinajstić information content (AvgIpc) is 3.64. The van der Waals surface area contributed by atoms with Gasteiger partial charge in [-0.3, -0.25) is 14.4 Å². The van der Waals surface area contributed by atoms with Crippen LogP contribution in [-0.4, -0.2) is 78.6 Å². The number of carbonyl (C=O) groups excluding carboxylic acids is 3. The number of carbonyl (C=O) groups is 3. The fraction of sp³-hybridized carbons (Fsp3) is 0.538. The largest absolute Gasteiger partial charge is 0.497 e. The van der Waals surface area contributed by atoms with Crippen molar-refractivity contribution >= 4 is 17.7 Å². The summed E-state index contributed by atoms with van der Waals surface area (Å²) in [5.41, 5.74) is -0.625. The predicted octanol–water partition coefficient (Wildman–Crippen LogP) is 3.54. The minimum Gasteiger partial charge on any atom is -0.497 e. The number of amides is 3. The molecule has 38 heavy (non-hydrogen) atoms. The van der Waals surface area contributed by atoms with Gasteiger partial charge in [0.05, 0.1) is 12.8 Å². The van der Waals surface area contributed by atoms with Crippen LogP contribution in [0.15, 0.2) is 24.3 Å². The van der Waals surface area contributed by atoms with Crippen LogP contribution in [0.1, 0.15) is 54.9 Å². The van der Waals surface area contributed by atoms with Crippen LogP contribution in [0.25, 0.3) is 5.69 Å². The van der Waals surface area contributed by atoms with Gasteiger partial charge in [0, 0.05) is 52.6 Å². The third-order valence-corrected chi connectivity index (χ3v) is 5.90. The molecule has 1 N–H and O–H groups in total. The first-order valence-electron chi connectivity index (χ1n) is 12.4. The standard InChI is InChI=1S/C17H18F3N3O2.C6H11NO.C3H7NO/c1-3-9-22-10-8-13-14(16(22)24)23(21-15(13)17(18,19)20)11-4-6-12(25-2)7-5-11;1-7(2)6(8)5-3-4-5;1-3(5)4-2/h4-7H,3,8-10H2,1-2H3;5H,3-4H2,1-2H3;1-2H3,(H,4,5). The lowest BCUT2D eigenvalue weighted by molar-refractivity contribution is -0.142. The molecule has 0 radical (unpaired) electrons. The zero-order chi connectivity index (χ0) is 28.6. The Bertz CT molecular complexity index is 1110. The van der Waals surface area contributed by atoms with E-state index in [9.17, 15) is 27.6 Å². The zero-order valence-electron chi connectivity index (χ0n) is 22.7. The lowest BCUT2D eigenvalue weighted by Crippen LogP contribution is -2.39. The van der Waals surface area contributed by atoms with Gasteiger partial charge in [0.2, 0.25) is 11.8 Å². The van der Waals surface area contributed by atoms with Gasteiger partial charge in [0.25, 0.3) is 5.91 Å². The molecule has 12 heteroatoms. The SMILES string of the molecule is CCCN1CCc2c(C(F)(F)F)nn(-c3ccc(OC)cc3)c2C1=O.CN(C)C(=O)C1CC1.CNC(C)=O. The van der Waals surface area contributed by atoms with Crippen LogP contribution in [0, 0.1) is 5.92 Å². The Labute approximate surface area is 220 Å². The number of ether oxygens (including phenoxy) is 1. The van der Waals surface area contributed by atoms with E-state index in [1.807, 2.05) is 6.92 Å². The molecule has 1 aliphatic heterocycles. The highest BCUT2D eigenvalue weighted by atomic mass is 19.4. The highest BCUT2D eigenvalue weighted by Crippen LogP contribution is 2.36. The number of fused-ring (bicyclic) bond motifs is 1. The predicted molar refractivity (Wildman–Crippen MR) is 136 cm³/mol. The number of benzene rings is 1. The Morgan fingerprint density at radius 1 is 1.18 bits per heavy atom. The van der Waals surface area contributed by atoms with Crippen molar-refractivity contribution < 1.29 is 32.3 Å². The van der Waals surface area contributed by atoms with E-state index in [-0.39, 0.29) is 30.1 Å². The fourth-order valence-electron chi connectivity index (χ4n) is 3.72. The normalized spacial score (nSPS) is 14.3. The molecule has 2 aliphatic rings. The monoisotopic (exact) mass is 539 g/mol. The van der Waals surface area contributed by atoms with Crippen molar-refractivity contribution in [1.29, 1.82) is 0 Å². The molecular formula is C26H36F3N5O4. The molecule has 2 aromatic rings. The van der Waals surface area contributed by atoms with E-state index >= 15 is 0 Å². The van der Waals surface area contributed by atoms with Crippen molar-refractivity contribution in [3.05, 3.63) is 41.2 Å². The van der Waals surface area contributed by atoms with Gasteiger partial charge in [-0.25, -0.2) is 4.68 Å². The maximum absolute atomic E-state index is 13.4. The van der Waals surface area contributed by atoms with Gasteiger partial charge >= 0.3 is 6.18 Å². The van der Waals surface area contributed by atoms with Crippen molar-refractivity contribution in [2.75, 3.05) is 41.3 Å². The average molecular weight is 540 g/mol. The van der Waals surface area contributed by atoms with Gasteiger partial charge in [-0.05, 0) is 49.9 Å². The Morgan fingerprint density at radius 2 is 1.76 bits per heavy atom. The molecule has 0 unspecified atom stereocenters. The van der Waals surface area contributed by atoms with E-state index < -0.39 is 17.8 Å². The number of halogens is 3. The molecule has 1 fully saturated rings. The van der Waals surface area contributed by atoms with Gasteiger partial charge in [-0.2, -0.15) is 18.3 Å². The second kappa shape index (κ2) is 13.3. The summed E-state index contributed by atoms with van der Waals surface area (Å²) in [6, 6.07) is 6.40. The number of nitrogens with zero attached hydrogens (tertiary/aromatic N) is 4. The number of rotatable bonds is 5. The molecule has 0 spiro atoms. The minimum absolute atomic E-state index is 0.00260. The molecule has 1 aromatic carbocycles. The number of aromatic nitrogens is 2. The summed E-state index contributed by atoms with van der Waals surface area (Å²) in [5, 5.41) is 6.13. The van der Waals surface area contributed by atoms with E-state index in [0.29, 0.717) is 29.8 Å². The Balaban J connectivity index is 0.000000320. The van der Waals surface area contributed by atoms with Crippen LogP contribution in [-0.2, 0) is 22.2 Å². The summed E-state index contributed by atoms with van der Waals surface area (Å²) >= 11 is 0. The molecule has 0 atom stereocenters. The second-order valence-electron chi connectivity index (χ2n) is 9.14. The molecule has 1 aromatic heterocycles. The van der Waals surface area contributed by atoms with Gasteiger partial charge in [-0.15, -0.1) is 0 Å². The molecule has 4 rings (SSSR count). The van der Waals surface area contributed by atoms with Crippen molar-refractivity contribution in [2.24, 2.45) is 5.92 Å². The van der Waals surface area contributed by atoms with E-state index in [4.69, 9.17) is 4.74 Å². The molecule has 2 heterocycles. The Kier molecular flexibility index (Phi) is 10.7. The van der Waals surface area contributed by atoms with Crippen LogP contribution in [0.4, 0.5) is 13.2 Å².